The van der Waals surface area contributed by atoms with E-state index < -0.39 is 22.0 Å². The van der Waals surface area contributed by atoms with Crippen LogP contribution in [0.2, 0.25) is 36.3 Å². The molecule has 1 atom stereocenters. The highest BCUT2D eigenvalue weighted by atomic mass is 28.4. The zero-order valence-electron chi connectivity index (χ0n) is 20.6. The van der Waals surface area contributed by atoms with Crippen molar-refractivity contribution in [1.29, 1.82) is 0 Å². The van der Waals surface area contributed by atoms with Gasteiger partial charge in [0.1, 0.15) is 0 Å². The Morgan fingerprint density at radius 3 is 1.54 bits per heavy atom. The number of ether oxygens (including phenoxy) is 1. The van der Waals surface area contributed by atoms with E-state index in [1.165, 1.54) is 0 Å². The zero-order valence-corrected chi connectivity index (χ0v) is 22.6. The van der Waals surface area contributed by atoms with Crippen LogP contribution in [-0.2, 0) is 18.4 Å². The van der Waals surface area contributed by atoms with E-state index >= 15 is 0 Å². The summed E-state index contributed by atoms with van der Waals surface area (Å²) in [6.45, 7) is 31.2. The summed E-state index contributed by atoms with van der Waals surface area (Å²) in [6.07, 6.45) is 1.86. The van der Waals surface area contributed by atoms with Gasteiger partial charge in [-0.1, -0.05) is 54.5 Å². The minimum atomic E-state index is -1.99. The summed E-state index contributed by atoms with van der Waals surface area (Å²) in [5.74, 6) is -0.612. The molecule has 6 heteroatoms. The van der Waals surface area contributed by atoms with Crippen LogP contribution in [0.3, 0.4) is 0 Å². The van der Waals surface area contributed by atoms with E-state index in [2.05, 4.69) is 74.3 Å². The molecule has 0 aliphatic heterocycles. The maximum absolute atomic E-state index is 12.6. The molecule has 0 saturated carbocycles. The molecule has 0 aromatic heterocycles. The van der Waals surface area contributed by atoms with Crippen LogP contribution in [-0.4, -0.2) is 42.4 Å². The summed E-state index contributed by atoms with van der Waals surface area (Å²) in [5, 5.41) is 0.181. The fraction of sp³-hybridized carbons (Fsp3) is 0.864. The Bertz CT molecular complexity index is 498. The molecule has 0 radical (unpaired) electrons. The summed E-state index contributed by atoms with van der Waals surface area (Å²) in [7, 11) is -3.97. The van der Waals surface area contributed by atoms with E-state index in [4.69, 9.17) is 13.6 Å². The number of carbonyl (C=O) groups excluding carboxylic acids is 1. The van der Waals surface area contributed by atoms with E-state index in [-0.39, 0.29) is 22.0 Å². The van der Waals surface area contributed by atoms with Crippen LogP contribution < -0.4 is 0 Å². The molecule has 0 rings (SSSR count). The Kier molecular flexibility index (Phi) is 9.43. The van der Waals surface area contributed by atoms with Gasteiger partial charge in [0.2, 0.25) is 0 Å². The molecule has 0 heterocycles. The van der Waals surface area contributed by atoms with Crippen molar-refractivity contribution in [3.8, 4) is 0 Å². The van der Waals surface area contributed by atoms with Crippen molar-refractivity contribution in [3.05, 3.63) is 12.7 Å². The minimum Gasteiger partial charge on any atom is -0.466 e. The van der Waals surface area contributed by atoms with Gasteiger partial charge in [-0.15, -0.1) is 6.58 Å². The fourth-order valence-corrected chi connectivity index (χ4v) is 4.28. The average molecular weight is 431 g/mol. The lowest BCUT2D eigenvalue weighted by atomic mass is 9.77. The molecule has 0 amide bonds. The third-order valence-electron chi connectivity index (χ3n) is 6.92. The van der Waals surface area contributed by atoms with Gasteiger partial charge in [-0.2, -0.15) is 0 Å². The molecule has 166 valence electrons. The van der Waals surface area contributed by atoms with Gasteiger partial charge in [0.25, 0.3) is 0 Å². The summed E-state index contributed by atoms with van der Waals surface area (Å²) < 4.78 is 18.4. The van der Waals surface area contributed by atoms with Crippen LogP contribution in [0.25, 0.3) is 0 Å². The largest absolute Gasteiger partial charge is 0.466 e. The third kappa shape index (κ3) is 6.82. The fourth-order valence-electron chi connectivity index (χ4n) is 2.15. The van der Waals surface area contributed by atoms with Gasteiger partial charge in [-0.05, 0) is 43.2 Å². The number of rotatable bonds is 10. The molecule has 0 aromatic carbocycles. The first-order chi connectivity index (χ1) is 12.4. The Balaban J connectivity index is 5.81. The molecule has 0 aromatic rings. The Morgan fingerprint density at radius 2 is 1.29 bits per heavy atom. The summed E-state index contributed by atoms with van der Waals surface area (Å²) in [6, 6.07) is 0. The van der Waals surface area contributed by atoms with Crippen LogP contribution in [0.15, 0.2) is 12.7 Å². The predicted molar refractivity (Wildman–Crippen MR) is 125 cm³/mol. The highest BCUT2D eigenvalue weighted by Crippen LogP contribution is 2.42. The van der Waals surface area contributed by atoms with E-state index in [0.717, 1.165) is 0 Å². The van der Waals surface area contributed by atoms with Crippen molar-refractivity contribution in [3.63, 3.8) is 0 Å². The third-order valence-corrected chi connectivity index (χ3v) is 15.9. The Hall–Kier alpha value is -0.436. The molecule has 0 spiro atoms. The highest BCUT2D eigenvalue weighted by molar-refractivity contribution is 6.74. The molecule has 0 fully saturated rings. The van der Waals surface area contributed by atoms with Gasteiger partial charge in [-0.25, -0.2) is 0 Å². The van der Waals surface area contributed by atoms with Crippen LogP contribution in [0.4, 0.5) is 0 Å². The van der Waals surface area contributed by atoms with E-state index in [9.17, 15) is 4.79 Å². The molecule has 4 nitrogen and oxygen atoms in total. The molecule has 28 heavy (non-hydrogen) atoms. The number of hydrogen-bond acceptors (Lipinski definition) is 4. The summed E-state index contributed by atoms with van der Waals surface area (Å²) in [5.41, 5.74) is -0.614. The molecule has 0 N–H and O–H groups in total. The topological polar surface area (TPSA) is 44.8 Å². The number of hydrogen-bond donors (Lipinski definition) is 0. The maximum atomic E-state index is 12.6. The highest BCUT2D eigenvalue weighted by Gasteiger charge is 2.46. The van der Waals surface area contributed by atoms with Gasteiger partial charge in [-0.3, -0.25) is 4.79 Å². The smallest absolute Gasteiger partial charge is 0.309 e. The van der Waals surface area contributed by atoms with Gasteiger partial charge in [0.15, 0.2) is 16.6 Å². The standard InChI is InChI=1S/C22H46O4Si2/c1-14-22(18(3)19(23)24-15-2,16-25-27(10,11)20(4,5)6)17-26-28(12,13)21(7,8)9/h14,18H,1,15-17H2,2-13H3. The van der Waals surface area contributed by atoms with Crippen molar-refractivity contribution in [2.45, 2.75) is 91.7 Å². The quantitative estimate of drug-likeness (QED) is 0.228. The monoisotopic (exact) mass is 430 g/mol. The van der Waals surface area contributed by atoms with Crippen molar-refractivity contribution in [2.24, 2.45) is 11.3 Å². The molecule has 0 aliphatic rings. The van der Waals surface area contributed by atoms with E-state index in [0.29, 0.717) is 19.8 Å². The summed E-state index contributed by atoms with van der Waals surface area (Å²) in [4.78, 5) is 12.6. The molecule has 0 saturated heterocycles. The first-order valence-electron chi connectivity index (χ1n) is 10.4. The molecule has 0 bridgehead atoms. The van der Waals surface area contributed by atoms with Gasteiger partial charge >= 0.3 is 5.97 Å². The lowest BCUT2D eigenvalue weighted by molar-refractivity contribution is -0.152. The van der Waals surface area contributed by atoms with Gasteiger partial charge < -0.3 is 13.6 Å². The second-order valence-electron chi connectivity index (χ2n) is 11.0. The van der Waals surface area contributed by atoms with Crippen molar-refractivity contribution >= 4 is 22.6 Å². The van der Waals surface area contributed by atoms with E-state index in [1.54, 1.807) is 0 Å². The Labute approximate surface area is 176 Å². The van der Waals surface area contributed by atoms with Crippen LogP contribution in [0.1, 0.15) is 55.4 Å². The van der Waals surface area contributed by atoms with Gasteiger partial charge in [0.05, 0.1) is 12.5 Å². The first-order valence-corrected chi connectivity index (χ1v) is 16.3. The van der Waals surface area contributed by atoms with Crippen LogP contribution in [0.5, 0.6) is 0 Å². The second-order valence-corrected chi connectivity index (χ2v) is 20.6. The second kappa shape index (κ2) is 9.58. The van der Waals surface area contributed by atoms with Crippen molar-refractivity contribution in [1.82, 2.24) is 0 Å². The average Bonchev–Trinajstić information content (AvgIpc) is 2.53. The number of esters is 1. The van der Waals surface area contributed by atoms with Crippen LogP contribution >= 0.6 is 0 Å². The summed E-state index contributed by atoms with van der Waals surface area (Å²) >= 11 is 0. The first kappa shape index (κ1) is 27.6. The molecule has 0 aliphatic carbocycles. The SMILES string of the molecule is C=CC(CO[Si](C)(C)C(C)(C)C)(CO[Si](C)(C)C(C)(C)C)C(C)C(=O)OCC. The molecular weight excluding hydrogens is 384 g/mol. The van der Waals surface area contributed by atoms with Crippen molar-refractivity contribution < 1.29 is 18.4 Å². The predicted octanol–water partition coefficient (Wildman–Crippen LogP) is 6.40. The number of carbonyl (C=O) groups is 1. The normalized spacial score (nSPS) is 15.3. The lowest BCUT2D eigenvalue weighted by Crippen LogP contribution is -2.50. The van der Waals surface area contributed by atoms with Crippen LogP contribution in [0, 0.1) is 11.3 Å². The van der Waals surface area contributed by atoms with E-state index in [1.807, 2.05) is 19.9 Å². The zero-order chi connectivity index (χ0) is 22.6. The van der Waals surface area contributed by atoms with Crippen molar-refractivity contribution in [2.75, 3.05) is 19.8 Å². The Morgan fingerprint density at radius 1 is 0.929 bits per heavy atom. The minimum absolute atomic E-state index is 0.0906. The maximum Gasteiger partial charge on any atom is 0.309 e. The molecular formula is C22H46O4Si2. The molecule has 1 unspecified atom stereocenters. The lowest BCUT2D eigenvalue weighted by Gasteiger charge is -2.44. The van der Waals surface area contributed by atoms with Gasteiger partial charge in [0, 0.05) is 18.6 Å².